The molecule has 7 rings (SSSR count). The summed E-state index contributed by atoms with van der Waals surface area (Å²) >= 11 is 5.76. The van der Waals surface area contributed by atoms with E-state index in [4.69, 9.17) is 21.1 Å². The third-order valence-electron chi connectivity index (χ3n) is 5.81. The number of pyridine rings is 3. The van der Waals surface area contributed by atoms with Gasteiger partial charge < -0.3 is 9.47 Å². The summed E-state index contributed by atoms with van der Waals surface area (Å²) in [5, 5.41) is 2.48. The van der Waals surface area contributed by atoms with E-state index >= 15 is 0 Å². The lowest BCUT2D eigenvalue weighted by Crippen LogP contribution is -1.92. The zero-order valence-electron chi connectivity index (χ0n) is 21.4. The number of hydrogen-bond donors (Lipinski definition) is 0. The topological polar surface area (TPSA) is 109 Å². The molecule has 0 aliphatic carbocycles. The van der Waals surface area contributed by atoms with E-state index < -0.39 is 0 Å². The fourth-order valence-electron chi connectivity index (χ4n) is 3.90. The van der Waals surface area contributed by atoms with Gasteiger partial charge in [-0.15, -0.1) is 0 Å². The van der Waals surface area contributed by atoms with Crippen molar-refractivity contribution in [2.24, 2.45) is 0 Å². The van der Waals surface area contributed by atoms with Crippen molar-refractivity contribution in [1.29, 1.82) is 0 Å². The second-order valence-corrected chi connectivity index (χ2v) is 8.97. The molecule has 0 saturated heterocycles. The molecule has 0 unspecified atom stereocenters. The Morgan fingerprint density at radius 2 is 1.15 bits per heavy atom. The number of ether oxygens (including phenoxy) is 2. The van der Waals surface area contributed by atoms with Gasteiger partial charge in [-0.05, 0) is 48.5 Å². The Bertz CT molecular complexity index is 1940. The van der Waals surface area contributed by atoms with E-state index in [9.17, 15) is 0 Å². The van der Waals surface area contributed by atoms with Crippen LogP contribution in [0.4, 0.5) is 0 Å². The summed E-state index contributed by atoms with van der Waals surface area (Å²) < 4.78 is 11.4. The molecule has 0 radical (unpaired) electrons. The molecule has 0 spiro atoms. The number of halogens is 1. The molecule has 5 aromatic heterocycles. The van der Waals surface area contributed by atoms with Crippen LogP contribution in [-0.2, 0) is 0 Å². The van der Waals surface area contributed by atoms with E-state index in [0.717, 1.165) is 33.1 Å². The Kier molecular flexibility index (Phi) is 7.59. The van der Waals surface area contributed by atoms with Crippen LogP contribution in [0.25, 0.3) is 33.1 Å². The maximum atomic E-state index is 5.84. The number of fused-ring (bicyclic) bond motifs is 2. The monoisotopic (exact) mass is 557 g/mol. The first-order chi connectivity index (χ1) is 20.2. The minimum absolute atomic E-state index is 0.346. The summed E-state index contributed by atoms with van der Waals surface area (Å²) in [6.07, 6.45) is 9.83. The summed E-state index contributed by atoms with van der Waals surface area (Å²) in [5.74, 6) is 2.24. The van der Waals surface area contributed by atoms with Crippen molar-refractivity contribution in [1.82, 2.24) is 34.9 Å². The van der Waals surface area contributed by atoms with E-state index in [-0.39, 0.29) is 0 Å². The number of hydrogen-bond acceptors (Lipinski definition) is 9. The minimum Gasteiger partial charge on any atom is -0.439 e. The normalized spacial score (nSPS) is 10.6. The molecule has 7 aromatic rings. The van der Waals surface area contributed by atoms with Gasteiger partial charge in [-0.1, -0.05) is 23.7 Å². The summed E-state index contributed by atoms with van der Waals surface area (Å²) in [4.78, 5) is 28.9. The molecule has 198 valence electrons. The van der Waals surface area contributed by atoms with Crippen LogP contribution < -0.4 is 9.47 Å². The fraction of sp³-hybridized carbons (Fsp3) is 0. The highest BCUT2D eigenvalue weighted by atomic mass is 35.5. The molecular formula is C31H20ClN7O2. The molecule has 0 saturated carbocycles. The molecule has 0 aliphatic heterocycles. The molecule has 0 atom stereocenters. The molecule has 0 aliphatic rings. The van der Waals surface area contributed by atoms with Crippen molar-refractivity contribution in [3.05, 3.63) is 128 Å². The van der Waals surface area contributed by atoms with Gasteiger partial charge in [0.1, 0.15) is 29.3 Å². The Hall–Kier alpha value is -5.54. The fourth-order valence-corrected chi connectivity index (χ4v) is 4.04. The van der Waals surface area contributed by atoms with Crippen molar-refractivity contribution in [2.75, 3.05) is 0 Å². The zero-order valence-corrected chi connectivity index (χ0v) is 22.1. The summed E-state index contributed by atoms with van der Waals surface area (Å²) in [6, 6.07) is 26.4. The SMILES string of the molecule is Clc1cc(Oc2ccc3cccnc3c2)ncn1.c1cncc(-c2cc(Oc3ccc4cccnc4c3)ncn2)c1. The molecule has 5 heterocycles. The van der Waals surface area contributed by atoms with Crippen molar-refractivity contribution in [3.8, 4) is 34.5 Å². The van der Waals surface area contributed by atoms with Gasteiger partial charge in [0, 0.05) is 65.4 Å². The summed E-state index contributed by atoms with van der Waals surface area (Å²) in [7, 11) is 0. The van der Waals surface area contributed by atoms with Crippen molar-refractivity contribution in [2.45, 2.75) is 0 Å². The lowest BCUT2D eigenvalue weighted by atomic mass is 10.2. The van der Waals surface area contributed by atoms with Gasteiger partial charge in [-0.2, -0.15) is 0 Å². The van der Waals surface area contributed by atoms with Gasteiger partial charge in [-0.25, -0.2) is 19.9 Å². The number of nitrogens with zero attached hydrogens (tertiary/aromatic N) is 7. The van der Waals surface area contributed by atoms with E-state index in [1.165, 1.54) is 12.7 Å². The Labute approximate surface area is 239 Å². The third-order valence-corrected chi connectivity index (χ3v) is 6.01. The molecule has 0 fully saturated rings. The predicted molar refractivity (Wildman–Crippen MR) is 156 cm³/mol. The molecule has 0 amide bonds. The predicted octanol–water partition coefficient (Wildman–Crippen LogP) is 7.35. The lowest BCUT2D eigenvalue weighted by molar-refractivity contribution is 0.462. The van der Waals surface area contributed by atoms with Crippen molar-refractivity contribution in [3.63, 3.8) is 0 Å². The van der Waals surface area contributed by atoms with Crippen LogP contribution in [0, 0.1) is 0 Å². The zero-order chi connectivity index (χ0) is 27.9. The quantitative estimate of drug-likeness (QED) is 0.201. The van der Waals surface area contributed by atoms with Crippen LogP contribution in [-0.4, -0.2) is 34.9 Å². The highest BCUT2D eigenvalue weighted by Gasteiger charge is 2.06. The highest BCUT2D eigenvalue weighted by molar-refractivity contribution is 6.29. The maximum absolute atomic E-state index is 5.84. The van der Waals surface area contributed by atoms with E-state index in [1.807, 2.05) is 72.8 Å². The van der Waals surface area contributed by atoms with E-state index in [2.05, 4.69) is 34.9 Å². The van der Waals surface area contributed by atoms with Crippen LogP contribution in [0.1, 0.15) is 0 Å². The van der Waals surface area contributed by atoms with Crippen molar-refractivity contribution >= 4 is 33.4 Å². The maximum Gasteiger partial charge on any atom is 0.223 e. The second-order valence-electron chi connectivity index (χ2n) is 8.58. The third kappa shape index (κ3) is 6.55. The van der Waals surface area contributed by atoms with Crippen LogP contribution in [0.15, 0.2) is 122 Å². The van der Waals surface area contributed by atoms with Crippen LogP contribution in [0.5, 0.6) is 23.3 Å². The molecule has 41 heavy (non-hydrogen) atoms. The van der Waals surface area contributed by atoms with Crippen LogP contribution in [0.3, 0.4) is 0 Å². The summed E-state index contributed by atoms with van der Waals surface area (Å²) in [5.41, 5.74) is 3.43. The molecule has 0 N–H and O–H groups in total. The molecule has 10 heteroatoms. The smallest absolute Gasteiger partial charge is 0.223 e. The molecule has 0 bridgehead atoms. The molecular weight excluding hydrogens is 538 g/mol. The van der Waals surface area contributed by atoms with Gasteiger partial charge in [0.05, 0.1) is 16.7 Å². The number of benzene rings is 2. The minimum atomic E-state index is 0.346. The van der Waals surface area contributed by atoms with Gasteiger partial charge in [0.2, 0.25) is 11.8 Å². The van der Waals surface area contributed by atoms with Crippen LogP contribution in [0.2, 0.25) is 5.15 Å². The van der Waals surface area contributed by atoms with Crippen LogP contribution >= 0.6 is 11.6 Å². The van der Waals surface area contributed by atoms with Gasteiger partial charge in [-0.3, -0.25) is 15.0 Å². The van der Waals surface area contributed by atoms with Gasteiger partial charge in [0.15, 0.2) is 0 Å². The average molecular weight is 558 g/mol. The summed E-state index contributed by atoms with van der Waals surface area (Å²) in [6.45, 7) is 0. The average Bonchev–Trinajstić information content (AvgIpc) is 3.02. The van der Waals surface area contributed by atoms with Crippen molar-refractivity contribution < 1.29 is 9.47 Å². The Morgan fingerprint density at radius 1 is 0.537 bits per heavy atom. The first-order valence-electron chi connectivity index (χ1n) is 12.4. The van der Waals surface area contributed by atoms with E-state index in [1.54, 1.807) is 36.9 Å². The first kappa shape index (κ1) is 25.7. The van der Waals surface area contributed by atoms with E-state index in [0.29, 0.717) is 28.4 Å². The lowest BCUT2D eigenvalue weighted by Gasteiger charge is -2.07. The molecule has 9 nitrogen and oxygen atoms in total. The largest absolute Gasteiger partial charge is 0.439 e. The highest BCUT2D eigenvalue weighted by Crippen LogP contribution is 2.26. The Balaban J connectivity index is 0.000000152. The molecule has 2 aromatic carbocycles. The second kappa shape index (κ2) is 12.1. The number of rotatable bonds is 5. The van der Waals surface area contributed by atoms with Gasteiger partial charge >= 0.3 is 0 Å². The Morgan fingerprint density at radius 3 is 1.76 bits per heavy atom. The first-order valence-corrected chi connectivity index (χ1v) is 12.8. The number of aromatic nitrogens is 7. The standard InChI is InChI=1S/C18H12N4O.C13H8ClN3O/c1-4-14(11-19-7-1)17-10-18(22-12-21-17)23-15-6-5-13-3-2-8-20-16(13)9-15;14-12-7-13(17-8-16-12)18-10-4-3-9-2-1-5-15-11(9)6-10/h1-12H;1-8H. The van der Waals surface area contributed by atoms with Gasteiger partial charge in [0.25, 0.3) is 0 Å².